The van der Waals surface area contributed by atoms with Crippen molar-refractivity contribution >= 4 is 23.8 Å². The molecule has 0 spiro atoms. The summed E-state index contributed by atoms with van der Waals surface area (Å²) in [6, 6.07) is 0. The molecule has 0 rings (SSSR count). The number of hydrogen-bond acceptors (Lipinski definition) is 7. The van der Waals surface area contributed by atoms with Crippen molar-refractivity contribution < 1.29 is 43.6 Å². The molecule has 0 saturated carbocycles. The van der Waals surface area contributed by atoms with E-state index in [4.69, 9.17) is 24.4 Å². The smallest absolute Gasteiger partial charge is 0.303 e. The number of nitrogens with one attached hydrogen (secondary N) is 2. The number of carbonyl (C=O) groups excluding carboxylic acids is 2. The van der Waals surface area contributed by atoms with E-state index in [1.807, 2.05) is 0 Å². The van der Waals surface area contributed by atoms with E-state index in [-0.39, 0.29) is 51.1 Å². The highest BCUT2D eigenvalue weighted by molar-refractivity contribution is 5.77. The van der Waals surface area contributed by atoms with Gasteiger partial charge in [0.1, 0.15) is 13.2 Å². The summed E-state index contributed by atoms with van der Waals surface area (Å²) in [5, 5.41) is 22.7. The lowest BCUT2D eigenvalue weighted by molar-refractivity contribution is -0.138. The van der Waals surface area contributed by atoms with Crippen molar-refractivity contribution in [2.24, 2.45) is 0 Å². The minimum atomic E-state index is -0.761. The molecule has 0 aromatic rings. The van der Waals surface area contributed by atoms with Crippen LogP contribution in [0.2, 0.25) is 0 Å². The molecule has 2 amide bonds. The summed E-state index contributed by atoms with van der Waals surface area (Å²) in [4.78, 5) is 44.1. The minimum absolute atomic E-state index is 0.0268. The SMILES string of the molecule is O=C(O)CCCCCCCNC(=O)COCCOCCOCC(=O)NCCCCCCCC(=O)O. The molecule has 0 fully saturated rings. The minimum Gasteiger partial charge on any atom is -0.481 e. The molecule has 0 aliphatic rings. The highest BCUT2D eigenvalue weighted by atomic mass is 16.5. The van der Waals surface area contributed by atoms with Gasteiger partial charge < -0.3 is 35.1 Å². The van der Waals surface area contributed by atoms with Gasteiger partial charge in [0.15, 0.2) is 0 Å². The number of carbonyl (C=O) groups is 4. The van der Waals surface area contributed by atoms with E-state index in [1.165, 1.54) is 0 Å². The van der Waals surface area contributed by atoms with Crippen LogP contribution in [-0.4, -0.2) is 86.7 Å². The number of carboxylic acid groups (broad SMARTS) is 2. The average molecular weight is 505 g/mol. The molecule has 0 saturated heterocycles. The topological polar surface area (TPSA) is 160 Å². The maximum atomic E-state index is 11.6. The van der Waals surface area contributed by atoms with Crippen LogP contribution in [0, 0.1) is 0 Å². The Kier molecular flexibility index (Phi) is 23.3. The predicted molar refractivity (Wildman–Crippen MR) is 129 cm³/mol. The van der Waals surface area contributed by atoms with Crippen LogP contribution < -0.4 is 10.6 Å². The van der Waals surface area contributed by atoms with Crippen LogP contribution in [0.3, 0.4) is 0 Å². The van der Waals surface area contributed by atoms with Gasteiger partial charge in [0.25, 0.3) is 0 Å². The first-order chi connectivity index (χ1) is 16.9. The molecule has 0 aromatic carbocycles. The van der Waals surface area contributed by atoms with Crippen LogP contribution >= 0.6 is 0 Å². The zero-order valence-corrected chi connectivity index (χ0v) is 20.9. The molecule has 11 heteroatoms. The first-order valence-corrected chi connectivity index (χ1v) is 12.6. The number of aliphatic carboxylic acids is 2. The number of rotatable bonds is 26. The molecule has 0 aliphatic carbocycles. The third kappa shape index (κ3) is 27.9. The fourth-order valence-electron chi connectivity index (χ4n) is 3.09. The van der Waals surface area contributed by atoms with Crippen molar-refractivity contribution in [3.8, 4) is 0 Å². The van der Waals surface area contributed by atoms with Crippen LogP contribution in [0.15, 0.2) is 0 Å². The summed E-state index contributed by atoms with van der Waals surface area (Å²) < 4.78 is 15.8. The van der Waals surface area contributed by atoms with E-state index < -0.39 is 11.9 Å². The lowest BCUT2D eigenvalue weighted by Crippen LogP contribution is -2.29. The summed E-state index contributed by atoms with van der Waals surface area (Å²) in [5.74, 6) is -1.88. The zero-order valence-electron chi connectivity index (χ0n) is 20.9. The van der Waals surface area contributed by atoms with Crippen LogP contribution in [0.25, 0.3) is 0 Å². The Labute approximate surface area is 208 Å². The summed E-state index contributed by atoms with van der Waals surface area (Å²) in [5.41, 5.74) is 0. The van der Waals surface area contributed by atoms with Crippen molar-refractivity contribution in [2.75, 3.05) is 52.7 Å². The van der Waals surface area contributed by atoms with Crippen LogP contribution in [-0.2, 0) is 33.4 Å². The van der Waals surface area contributed by atoms with Gasteiger partial charge in [-0.15, -0.1) is 0 Å². The maximum Gasteiger partial charge on any atom is 0.303 e. The largest absolute Gasteiger partial charge is 0.481 e. The quantitative estimate of drug-likeness (QED) is 0.129. The van der Waals surface area contributed by atoms with Crippen molar-refractivity contribution in [1.82, 2.24) is 10.6 Å². The third-order valence-corrected chi connectivity index (χ3v) is 4.99. The second-order valence-electron chi connectivity index (χ2n) is 8.24. The van der Waals surface area contributed by atoms with E-state index in [0.29, 0.717) is 39.1 Å². The van der Waals surface area contributed by atoms with E-state index in [0.717, 1.165) is 51.4 Å². The van der Waals surface area contributed by atoms with Crippen LogP contribution in [0.4, 0.5) is 0 Å². The highest BCUT2D eigenvalue weighted by Crippen LogP contribution is 2.05. The fraction of sp³-hybridized carbons (Fsp3) is 0.833. The van der Waals surface area contributed by atoms with Gasteiger partial charge in [-0.05, 0) is 25.7 Å². The van der Waals surface area contributed by atoms with Gasteiger partial charge in [-0.2, -0.15) is 0 Å². The molecule has 11 nitrogen and oxygen atoms in total. The van der Waals surface area contributed by atoms with E-state index in [2.05, 4.69) is 10.6 Å². The van der Waals surface area contributed by atoms with Gasteiger partial charge in [0.05, 0.1) is 26.4 Å². The molecule has 35 heavy (non-hydrogen) atoms. The second kappa shape index (κ2) is 24.9. The fourth-order valence-corrected chi connectivity index (χ4v) is 3.09. The normalized spacial score (nSPS) is 10.7. The summed E-state index contributed by atoms with van der Waals surface area (Å²) in [6.07, 6.45) is 9.14. The molecular weight excluding hydrogens is 460 g/mol. The molecule has 0 radical (unpaired) electrons. The van der Waals surface area contributed by atoms with Gasteiger partial charge in [0.2, 0.25) is 11.8 Å². The van der Waals surface area contributed by atoms with E-state index in [9.17, 15) is 19.2 Å². The van der Waals surface area contributed by atoms with Crippen molar-refractivity contribution in [1.29, 1.82) is 0 Å². The zero-order chi connectivity index (χ0) is 26.0. The standard InChI is InChI=1S/C24H44N2O9/c27-21(25-13-9-5-1-3-7-11-23(29)30)19-34-17-15-33-16-18-35-20-22(28)26-14-10-6-2-4-8-12-24(31)32/h1-20H2,(H,25,27)(H,26,28)(H,29,30)(H,31,32). The van der Waals surface area contributed by atoms with Gasteiger partial charge in [-0.25, -0.2) is 0 Å². The Morgan fingerprint density at radius 1 is 0.486 bits per heavy atom. The lowest BCUT2D eigenvalue weighted by atomic mass is 10.1. The van der Waals surface area contributed by atoms with Gasteiger partial charge in [-0.1, -0.05) is 38.5 Å². The molecule has 0 heterocycles. The first kappa shape index (κ1) is 32.8. The Hall–Kier alpha value is -2.24. The summed E-state index contributed by atoms with van der Waals surface area (Å²) >= 11 is 0. The van der Waals surface area contributed by atoms with Gasteiger partial charge >= 0.3 is 11.9 Å². The average Bonchev–Trinajstić information content (AvgIpc) is 2.81. The van der Waals surface area contributed by atoms with Crippen molar-refractivity contribution in [2.45, 2.75) is 77.0 Å². The number of unbranched alkanes of at least 4 members (excludes halogenated alkanes) is 8. The second-order valence-corrected chi connectivity index (χ2v) is 8.24. The molecule has 0 aromatic heterocycles. The van der Waals surface area contributed by atoms with E-state index in [1.54, 1.807) is 0 Å². The van der Waals surface area contributed by atoms with Gasteiger partial charge in [-0.3, -0.25) is 19.2 Å². The maximum absolute atomic E-state index is 11.6. The molecule has 204 valence electrons. The lowest BCUT2D eigenvalue weighted by Gasteiger charge is -2.08. The van der Waals surface area contributed by atoms with Crippen molar-refractivity contribution in [3.05, 3.63) is 0 Å². The number of ether oxygens (including phenoxy) is 3. The van der Waals surface area contributed by atoms with E-state index >= 15 is 0 Å². The van der Waals surface area contributed by atoms with Gasteiger partial charge in [0, 0.05) is 25.9 Å². The molecule has 0 bridgehead atoms. The first-order valence-electron chi connectivity index (χ1n) is 12.6. The molecule has 0 unspecified atom stereocenters. The molecule has 4 N–H and O–H groups in total. The number of hydrogen-bond donors (Lipinski definition) is 4. The monoisotopic (exact) mass is 504 g/mol. The Morgan fingerprint density at radius 3 is 1.23 bits per heavy atom. The number of amides is 2. The summed E-state index contributed by atoms with van der Waals surface area (Å²) in [6.45, 7) is 2.33. The van der Waals surface area contributed by atoms with Crippen LogP contribution in [0.1, 0.15) is 77.0 Å². The Bertz CT molecular complexity index is 525. The number of carboxylic acids is 2. The summed E-state index contributed by atoms with van der Waals surface area (Å²) in [7, 11) is 0. The molecule has 0 atom stereocenters. The van der Waals surface area contributed by atoms with Crippen LogP contribution in [0.5, 0.6) is 0 Å². The predicted octanol–water partition coefficient (Wildman–Crippen LogP) is 2.12. The Balaban J connectivity index is 3.28. The third-order valence-electron chi connectivity index (χ3n) is 4.99. The Morgan fingerprint density at radius 2 is 0.829 bits per heavy atom. The van der Waals surface area contributed by atoms with Crippen molar-refractivity contribution in [3.63, 3.8) is 0 Å². The highest BCUT2D eigenvalue weighted by Gasteiger charge is 2.03. The molecular formula is C24H44N2O9. The molecule has 0 aliphatic heterocycles.